The standard InChI is InChI=1S/C21H22ClNO4/c1-23(13-19-3-2-12-26-19)20(24)14-27-18-10-6-16(7-11-18)21(25)15-4-8-17(22)9-5-15/h4-11,19H,2-3,12-14H2,1H3. The van der Waals surface area contributed by atoms with Crippen LogP contribution in [0.3, 0.4) is 0 Å². The number of rotatable bonds is 7. The van der Waals surface area contributed by atoms with Crippen molar-refractivity contribution >= 4 is 23.3 Å². The van der Waals surface area contributed by atoms with Crippen LogP contribution in [0, 0.1) is 0 Å². The largest absolute Gasteiger partial charge is 0.484 e. The third-order valence-corrected chi connectivity index (χ3v) is 4.76. The first-order valence-electron chi connectivity index (χ1n) is 8.91. The molecule has 1 unspecified atom stereocenters. The van der Waals surface area contributed by atoms with Crippen molar-refractivity contribution in [2.24, 2.45) is 0 Å². The van der Waals surface area contributed by atoms with Crippen molar-refractivity contribution < 1.29 is 19.1 Å². The Morgan fingerprint density at radius 3 is 2.33 bits per heavy atom. The van der Waals surface area contributed by atoms with Gasteiger partial charge in [-0.3, -0.25) is 9.59 Å². The first kappa shape index (κ1) is 19.4. The van der Waals surface area contributed by atoms with Crippen LogP contribution in [0.5, 0.6) is 5.75 Å². The Kier molecular flexibility index (Phi) is 6.48. The van der Waals surface area contributed by atoms with E-state index in [0.29, 0.717) is 28.4 Å². The average Bonchev–Trinajstić information content (AvgIpc) is 3.19. The summed E-state index contributed by atoms with van der Waals surface area (Å²) in [6, 6.07) is 13.5. The van der Waals surface area contributed by atoms with E-state index in [-0.39, 0.29) is 24.4 Å². The van der Waals surface area contributed by atoms with Gasteiger partial charge in [0.25, 0.3) is 5.91 Å². The van der Waals surface area contributed by atoms with Crippen LogP contribution in [0.25, 0.3) is 0 Å². The molecule has 27 heavy (non-hydrogen) atoms. The van der Waals surface area contributed by atoms with E-state index in [2.05, 4.69) is 0 Å². The van der Waals surface area contributed by atoms with Gasteiger partial charge in [0.05, 0.1) is 6.10 Å². The highest BCUT2D eigenvalue weighted by Gasteiger charge is 2.20. The van der Waals surface area contributed by atoms with Gasteiger partial charge >= 0.3 is 0 Å². The minimum absolute atomic E-state index is 0.0479. The number of hydrogen-bond donors (Lipinski definition) is 0. The molecule has 1 saturated heterocycles. The van der Waals surface area contributed by atoms with Crippen LogP contribution >= 0.6 is 11.6 Å². The van der Waals surface area contributed by atoms with Crippen LogP contribution in [0.1, 0.15) is 28.8 Å². The van der Waals surface area contributed by atoms with Crippen LogP contribution in [0.2, 0.25) is 5.02 Å². The topological polar surface area (TPSA) is 55.8 Å². The monoisotopic (exact) mass is 387 g/mol. The van der Waals surface area contributed by atoms with Gasteiger partial charge in [0.1, 0.15) is 5.75 Å². The second-order valence-electron chi connectivity index (χ2n) is 6.56. The van der Waals surface area contributed by atoms with Crippen molar-refractivity contribution in [3.8, 4) is 5.75 Å². The first-order valence-corrected chi connectivity index (χ1v) is 9.29. The van der Waals surface area contributed by atoms with Crippen LogP contribution < -0.4 is 4.74 Å². The molecule has 2 aromatic carbocycles. The Bertz CT molecular complexity index is 783. The molecule has 0 radical (unpaired) electrons. The highest BCUT2D eigenvalue weighted by molar-refractivity contribution is 6.30. The summed E-state index contributed by atoms with van der Waals surface area (Å²) in [7, 11) is 1.75. The number of carbonyl (C=O) groups is 2. The maximum atomic E-state index is 12.4. The molecule has 0 saturated carbocycles. The molecule has 0 aromatic heterocycles. The summed E-state index contributed by atoms with van der Waals surface area (Å²) in [5, 5.41) is 0.587. The maximum Gasteiger partial charge on any atom is 0.260 e. The summed E-state index contributed by atoms with van der Waals surface area (Å²) in [6.45, 7) is 1.30. The van der Waals surface area contributed by atoms with E-state index < -0.39 is 0 Å². The van der Waals surface area contributed by atoms with Crippen LogP contribution in [-0.4, -0.2) is 49.5 Å². The van der Waals surface area contributed by atoms with E-state index in [1.807, 2.05) is 0 Å². The zero-order valence-corrected chi connectivity index (χ0v) is 15.9. The number of ketones is 1. The van der Waals surface area contributed by atoms with E-state index in [1.165, 1.54) is 0 Å². The lowest BCUT2D eigenvalue weighted by atomic mass is 10.0. The van der Waals surface area contributed by atoms with E-state index in [9.17, 15) is 9.59 Å². The molecule has 1 aliphatic heterocycles. The third-order valence-electron chi connectivity index (χ3n) is 4.51. The van der Waals surface area contributed by atoms with Gasteiger partial charge in [0.15, 0.2) is 12.4 Å². The molecule has 142 valence electrons. The third kappa shape index (κ3) is 5.31. The molecule has 1 amide bonds. The summed E-state index contributed by atoms with van der Waals surface area (Å²) >= 11 is 5.85. The SMILES string of the molecule is CN(CC1CCCO1)C(=O)COc1ccc(C(=O)c2ccc(Cl)cc2)cc1. The normalized spacial score (nSPS) is 16.1. The van der Waals surface area contributed by atoms with Gasteiger partial charge in [0.2, 0.25) is 0 Å². The summed E-state index contributed by atoms with van der Waals surface area (Å²) in [5.74, 6) is 0.346. The zero-order valence-electron chi connectivity index (χ0n) is 15.2. The Balaban J connectivity index is 1.52. The van der Waals surface area contributed by atoms with Gasteiger partial charge < -0.3 is 14.4 Å². The maximum absolute atomic E-state index is 12.4. The van der Waals surface area contributed by atoms with Gasteiger partial charge in [-0.15, -0.1) is 0 Å². The van der Waals surface area contributed by atoms with Gasteiger partial charge in [0, 0.05) is 36.3 Å². The number of ether oxygens (including phenoxy) is 2. The van der Waals surface area contributed by atoms with Crippen LogP contribution in [-0.2, 0) is 9.53 Å². The quantitative estimate of drug-likeness (QED) is 0.681. The second kappa shape index (κ2) is 9.02. The number of benzene rings is 2. The number of hydrogen-bond acceptors (Lipinski definition) is 4. The van der Waals surface area contributed by atoms with Crippen LogP contribution in [0.15, 0.2) is 48.5 Å². The molecule has 2 aromatic rings. The molecule has 3 rings (SSSR count). The Hall–Kier alpha value is -2.37. The molecule has 5 nitrogen and oxygen atoms in total. The molecule has 0 aliphatic carbocycles. The fourth-order valence-electron chi connectivity index (χ4n) is 2.92. The molecule has 1 atom stereocenters. The predicted octanol–water partition coefficient (Wildman–Crippen LogP) is 3.59. The van der Waals surface area contributed by atoms with Crippen molar-refractivity contribution in [2.45, 2.75) is 18.9 Å². The van der Waals surface area contributed by atoms with Crippen molar-refractivity contribution in [3.05, 3.63) is 64.7 Å². The number of halogens is 1. The van der Waals surface area contributed by atoms with Crippen molar-refractivity contribution in [2.75, 3.05) is 26.8 Å². The number of nitrogens with zero attached hydrogens (tertiary/aromatic N) is 1. The zero-order chi connectivity index (χ0) is 19.2. The Morgan fingerprint density at radius 1 is 1.11 bits per heavy atom. The van der Waals surface area contributed by atoms with E-state index >= 15 is 0 Å². The molecular weight excluding hydrogens is 366 g/mol. The van der Waals surface area contributed by atoms with Crippen molar-refractivity contribution in [1.82, 2.24) is 4.90 Å². The molecule has 0 spiro atoms. The van der Waals surface area contributed by atoms with Gasteiger partial charge in [-0.05, 0) is 61.4 Å². The van der Waals surface area contributed by atoms with Gasteiger partial charge in [-0.1, -0.05) is 11.6 Å². The summed E-state index contributed by atoms with van der Waals surface area (Å²) in [5.41, 5.74) is 1.12. The van der Waals surface area contributed by atoms with E-state index in [1.54, 1.807) is 60.5 Å². The molecule has 0 N–H and O–H groups in total. The minimum atomic E-state index is -0.105. The van der Waals surface area contributed by atoms with E-state index in [4.69, 9.17) is 21.1 Å². The minimum Gasteiger partial charge on any atom is -0.484 e. The van der Waals surface area contributed by atoms with Crippen LogP contribution in [0.4, 0.5) is 0 Å². The number of likely N-dealkylation sites (N-methyl/N-ethyl adjacent to an activating group) is 1. The molecule has 1 aliphatic rings. The lowest BCUT2D eigenvalue weighted by Crippen LogP contribution is -2.37. The molecule has 0 bridgehead atoms. The lowest BCUT2D eigenvalue weighted by Gasteiger charge is -2.20. The highest BCUT2D eigenvalue weighted by Crippen LogP contribution is 2.18. The van der Waals surface area contributed by atoms with Crippen molar-refractivity contribution in [1.29, 1.82) is 0 Å². The number of amides is 1. The first-order chi connectivity index (χ1) is 13.0. The highest BCUT2D eigenvalue weighted by atomic mass is 35.5. The Morgan fingerprint density at radius 2 is 1.74 bits per heavy atom. The van der Waals surface area contributed by atoms with Gasteiger partial charge in [-0.25, -0.2) is 0 Å². The number of carbonyl (C=O) groups excluding carboxylic acids is 2. The smallest absolute Gasteiger partial charge is 0.260 e. The molecule has 1 heterocycles. The summed E-state index contributed by atoms with van der Waals surface area (Å²) in [6.07, 6.45) is 2.16. The molecular formula is C21H22ClNO4. The lowest BCUT2D eigenvalue weighted by molar-refractivity contribution is -0.133. The Labute approximate surface area is 163 Å². The fraction of sp³-hybridized carbons (Fsp3) is 0.333. The van der Waals surface area contributed by atoms with E-state index in [0.717, 1.165) is 19.4 Å². The molecule has 6 heteroatoms. The van der Waals surface area contributed by atoms with Crippen molar-refractivity contribution in [3.63, 3.8) is 0 Å². The fourth-order valence-corrected chi connectivity index (χ4v) is 3.05. The second-order valence-corrected chi connectivity index (χ2v) is 6.99. The molecule has 1 fully saturated rings. The summed E-state index contributed by atoms with van der Waals surface area (Å²) < 4.78 is 11.1. The average molecular weight is 388 g/mol. The van der Waals surface area contributed by atoms with Gasteiger partial charge in [-0.2, -0.15) is 0 Å². The summed E-state index contributed by atoms with van der Waals surface area (Å²) in [4.78, 5) is 26.2. The predicted molar refractivity (Wildman–Crippen MR) is 103 cm³/mol.